The molecule has 0 amide bonds. The Kier molecular flexibility index (Phi) is 5.08. The maximum absolute atomic E-state index is 12.4. The van der Waals surface area contributed by atoms with Gasteiger partial charge in [0.1, 0.15) is 5.75 Å². The Hall–Kier alpha value is -1.00. The number of ketones is 1. The highest BCUT2D eigenvalue weighted by atomic mass is 32.2. The third kappa shape index (κ3) is 3.27. The van der Waals surface area contributed by atoms with Crippen LogP contribution in [-0.4, -0.2) is 36.5 Å². The number of rotatable bonds is 5. The molecule has 1 N–H and O–H groups in total. The van der Waals surface area contributed by atoms with Crippen LogP contribution >= 0.6 is 11.8 Å². The summed E-state index contributed by atoms with van der Waals surface area (Å²) in [5, 5.41) is 3.27. The largest absolute Gasteiger partial charge is 0.493 e. The van der Waals surface area contributed by atoms with Crippen LogP contribution in [0.2, 0.25) is 0 Å². The van der Waals surface area contributed by atoms with Gasteiger partial charge in [0.2, 0.25) is 0 Å². The van der Waals surface area contributed by atoms with Crippen LogP contribution in [0.5, 0.6) is 5.75 Å². The number of Topliss-reactive ketones (excluding diaryl/α,β-unsaturated/α-hetero) is 1. The molecule has 1 aromatic carbocycles. The van der Waals surface area contributed by atoms with Gasteiger partial charge in [-0.1, -0.05) is 19.1 Å². The molecule has 1 fully saturated rings. The second kappa shape index (κ2) is 6.81. The molecule has 3 nitrogen and oxygen atoms in total. The number of carbonyl (C=O) groups excluding carboxylic acids is 1. The summed E-state index contributed by atoms with van der Waals surface area (Å²) in [4.78, 5) is 12.4. The Morgan fingerprint density at radius 2 is 2.33 bits per heavy atom. The maximum Gasteiger partial charge on any atom is 0.184 e. The standard InChI is InChI=1S/C14H19NO2S/c1-2-8-17-13-6-4-3-5-11(13)14(16)12-10-18-9-7-15-12/h3-6,12,15H,2,7-10H2,1H3. The van der Waals surface area contributed by atoms with E-state index in [2.05, 4.69) is 12.2 Å². The average molecular weight is 265 g/mol. The van der Waals surface area contributed by atoms with Crippen LogP contribution in [0.25, 0.3) is 0 Å². The second-order valence-electron chi connectivity index (χ2n) is 4.29. The Bertz CT molecular complexity index is 403. The number of benzene rings is 1. The molecule has 1 atom stereocenters. The smallest absolute Gasteiger partial charge is 0.184 e. The molecule has 1 aliphatic heterocycles. The summed E-state index contributed by atoms with van der Waals surface area (Å²) in [5.41, 5.74) is 0.700. The van der Waals surface area contributed by atoms with Gasteiger partial charge in [-0.05, 0) is 18.6 Å². The lowest BCUT2D eigenvalue weighted by molar-refractivity contribution is 0.0949. The molecular formula is C14H19NO2S. The second-order valence-corrected chi connectivity index (χ2v) is 5.44. The van der Waals surface area contributed by atoms with Gasteiger partial charge in [0.15, 0.2) is 5.78 Å². The van der Waals surface area contributed by atoms with Gasteiger partial charge >= 0.3 is 0 Å². The lowest BCUT2D eigenvalue weighted by Crippen LogP contribution is -2.43. The van der Waals surface area contributed by atoms with E-state index < -0.39 is 0 Å². The van der Waals surface area contributed by atoms with Crippen LogP contribution < -0.4 is 10.1 Å². The number of hydrogen-bond acceptors (Lipinski definition) is 4. The number of nitrogens with one attached hydrogen (secondary N) is 1. The van der Waals surface area contributed by atoms with E-state index in [0.717, 1.165) is 24.5 Å². The van der Waals surface area contributed by atoms with Gasteiger partial charge in [-0.25, -0.2) is 0 Å². The Labute approximate surface area is 112 Å². The number of carbonyl (C=O) groups is 1. The molecule has 0 aromatic heterocycles. The summed E-state index contributed by atoms with van der Waals surface area (Å²) >= 11 is 1.83. The highest BCUT2D eigenvalue weighted by molar-refractivity contribution is 7.99. The van der Waals surface area contributed by atoms with E-state index in [1.54, 1.807) is 0 Å². The molecule has 1 heterocycles. The summed E-state index contributed by atoms with van der Waals surface area (Å²) in [7, 11) is 0. The molecule has 1 aromatic rings. The fraction of sp³-hybridized carbons (Fsp3) is 0.500. The summed E-state index contributed by atoms with van der Waals surface area (Å²) in [5.74, 6) is 2.79. The molecule has 1 unspecified atom stereocenters. The van der Waals surface area contributed by atoms with Gasteiger partial charge in [0.05, 0.1) is 18.2 Å². The Morgan fingerprint density at radius 3 is 3.06 bits per heavy atom. The van der Waals surface area contributed by atoms with Gasteiger partial charge in [-0.2, -0.15) is 11.8 Å². The quantitative estimate of drug-likeness (QED) is 0.830. The Balaban J connectivity index is 2.12. The van der Waals surface area contributed by atoms with Crippen molar-refractivity contribution >= 4 is 17.5 Å². The molecule has 0 saturated carbocycles. The molecule has 1 saturated heterocycles. The first kappa shape index (κ1) is 13.4. The fourth-order valence-electron chi connectivity index (χ4n) is 1.93. The number of hydrogen-bond donors (Lipinski definition) is 1. The van der Waals surface area contributed by atoms with Crippen molar-refractivity contribution in [3.63, 3.8) is 0 Å². The molecule has 0 radical (unpaired) electrons. The molecule has 0 bridgehead atoms. The summed E-state index contributed by atoms with van der Waals surface area (Å²) < 4.78 is 5.64. The fourth-order valence-corrected chi connectivity index (χ4v) is 2.86. The van der Waals surface area contributed by atoms with Gasteiger partial charge < -0.3 is 10.1 Å². The van der Waals surface area contributed by atoms with Gasteiger partial charge in [-0.15, -0.1) is 0 Å². The van der Waals surface area contributed by atoms with E-state index in [4.69, 9.17) is 4.74 Å². The first-order valence-corrected chi connectivity index (χ1v) is 7.55. The zero-order valence-electron chi connectivity index (χ0n) is 10.6. The van der Waals surface area contributed by atoms with E-state index >= 15 is 0 Å². The van der Waals surface area contributed by atoms with Crippen molar-refractivity contribution in [3.8, 4) is 5.75 Å². The van der Waals surface area contributed by atoms with Gasteiger partial charge in [0, 0.05) is 18.1 Å². The van der Waals surface area contributed by atoms with E-state index in [1.165, 1.54) is 0 Å². The zero-order chi connectivity index (χ0) is 12.8. The minimum atomic E-state index is -0.0740. The highest BCUT2D eigenvalue weighted by Gasteiger charge is 2.24. The van der Waals surface area contributed by atoms with Crippen molar-refractivity contribution in [2.45, 2.75) is 19.4 Å². The molecule has 98 valence electrons. The topological polar surface area (TPSA) is 38.3 Å². The van der Waals surface area contributed by atoms with Crippen LogP contribution in [0.1, 0.15) is 23.7 Å². The van der Waals surface area contributed by atoms with Gasteiger partial charge in [0.25, 0.3) is 0 Å². The molecule has 0 spiro atoms. The number of ether oxygens (including phenoxy) is 1. The van der Waals surface area contributed by atoms with Crippen LogP contribution in [0.15, 0.2) is 24.3 Å². The zero-order valence-corrected chi connectivity index (χ0v) is 11.5. The lowest BCUT2D eigenvalue weighted by atomic mass is 10.0. The van der Waals surface area contributed by atoms with Gasteiger partial charge in [-0.3, -0.25) is 4.79 Å². The van der Waals surface area contributed by atoms with Crippen LogP contribution in [0.4, 0.5) is 0 Å². The number of para-hydroxylation sites is 1. The van der Waals surface area contributed by atoms with E-state index in [-0.39, 0.29) is 11.8 Å². The Morgan fingerprint density at radius 1 is 1.50 bits per heavy atom. The van der Waals surface area contributed by atoms with Crippen molar-refractivity contribution in [1.82, 2.24) is 5.32 Å². The van der Waals surface area contributed by atoms with Crippen LogP contribution in [0.3, 0.4) is 0 Å². The van der Waals surface area contributed by atoms with Crippen molar-refractivity contribution < 1.29 is 9.53 Å². The predicted octanol–water partition coefficient (Wildman–Crippen LogP) is 2.36. The molecule has 2 rings (SSSR count). The molecule has 4 heteroatoms. The van der Waals surface area contributed by atoms with Crippen LogP contribution in [0, 0.1) is 0 Å². The third-order valence-electron chi connectivity index (χ3n) is 2.85. The van der Waals surface area contributed by atoms with E-state index in [0.29, 0.717) is 17.9 Å². The first-order chi connectivity index (χ1) is 8.83. The predicted molar refractivity (Wildman–Crippen MR) is 75.7 cm³/mol. The first-order valence-electron chi connectivity index (χ1n) is 6.40. The maximum atomic E-state index is 12.4. The molecule has 0 aliphatic carbocycles. The molecule has 1 aliphatic rings. The van der Waals surface area contributed by atoms with Crippen LogP contribution in [-0.2, 0) is 0 Å². The van der Waals surface area contributed by atoms with Crippen molar-refractivity contribution in [3.05, 3.63) is 29.8 Å². The third-order valence-corrected chi connectivity index (χ3v) is 3.91. The SMILES string of the molecule is CCCOc1ccccc1C(=O)C1CSCCN1. The monoisotopic (exact) mass is 265 g/mol. The summed E-state index contributed by atoms with van der Waals surface area (Å²) in [6.07, 6.45) is 0.944. The van der Waals surface area contributed by atoms with Crippen molar-refractivity contribution in [2.75, 3.05) is 24.7 Å². The van der Waals surface area contributed by atoms with E-state index in [9.17, 15) is 4.79 Å². The highest BCUT2D eigenvalue weighted by Crippen LogP contribution is 2.22. The normalized spacial score (nSPS) is 19.5. The minimum Gasteiger partial charge on any atom is -0.493 e. The molecule has 18 heavy (non-hydrogen) atoms. The lowest BCUT2D eigenvalue weighted by Gasteiger charge is -2.22. The van der Waals surface area contributed by atoms with E-state index in [1.807, 2.05) is 36.0 Å². The average Bonchev–Trinajstić information content (AvgIpc) is 2.45. The number of thioether (sulfide) groups is 1. The van der Waals surface area contributed by atoms with Crippen molar-refractivity contribution in [2.24, 2.45) is 0 Å². The summed E-state index contributed by atoms with van der Waals surface area (Å²) in [6, 6.07) is 7.45. The summed E-state index contributed by atoms with van der Waals surface area (Å²) in [6.45, 7) is 3.61. The molecular weight excluding hydrogens is 246 g/mol. The minimum absolute atomic E-state index is 0.0740. The van der Waals surface area contributed by atoms with Crippen molar-refractivity contribution in [1.29, 1.82) is 0 Å².